The molecule has 1 aromatic carbocycles. The zero-order valence-electron chi connectivity index (χ0n) is 13.0. The fourth-order valence-corrected chi connectivity index (χ4v) is 4.04. The van der Waals surface area contributed by atoms with E-state index in [0.29, 0.717) is 17.6 Å². The van der Waals surface area contributed by atoms with Crippen molar-refractivity contribution in [3.05, 3.63) is 29.3 Å². The highest BCUT2D eigenvalue weighted by molar-refractivity contribution is 5.58. The first kappa shape index (κ1) is 13.9. The molecule has 110 valence electrons. The summed E-state index contributed by atoms with van der Waals surface area (Å²) in [6, 6.07) is 7.25. The Morgan fingerprint density at radius 1 is 1.30 bits per heavy atom. The van der Waals surface area contributed by atoms with Crippen molar-refractivity contribution < 1.29 is 4.74 Å². The molecular weight excluding hydrogens is 246 g/mol. The van der Waals surface area contributed by atoms with Crippen molar-refractivity contribution in [2.24, 2.45) is 5.41 Å². The van der Waals surface area contributed by atoms with E-state index in [4.69, 9.17) is 4.74 Å². The van der Waals surface area contributed by atoms with E-state index in [1.807, 2.05) is 0 Å². The van der Waals surface area contributed by atoms with Gasteiger partial charge in [-0.25, -0.2) is 0 Å². The van der Waals surface area contributed by atoms with Crippen molar-refractivity contribution in [3.63, 3.8) is 0 Å². The predicted molar refractivity (Wildman–Crippen MR) is 84.3 cm³/mol. The predicted octanol–water partition coefficient (Wildman–Crippen LogP) is 4.32. The first-order chi connectivity index (χ1) is 9.71. The Kier molecular flexibility index (Phi) is 3.76. The van der Waals surface area contributed by atoms with Gasteiger partial charge in [0.15, 0.2) is 0 Å². The van der Waals surface area contributed by atoms with Gasteiger partial charge in [0.25, 0.3) is 0 Å². The van der Waals surface area contributed by atoms with Crippen molar-refractivity contribution >= 4 is 5.69 Å². The van der Waals surface area contributed by atoms with Crippen LogP contribution in [0.5, 0.6) is 0 Å². The molecule has 2 nitrogen and oxygen atoms in total. The van der Waals surface area contributed by atoms with E-state index in [1.165, 1.54) is 42.5 Å². The van der Waals surface area contributed by atoms with E-state index in [1.54, 1.807) is 0 Å². The molecule has 2 heteroatoms. The van der Waals surface area contributed by atoms with Crippen LogP contribution in [0.25, 0.3) is 0 Å². The van der Waals surface area contributed by atoms with Crippen molar-refractivity contribution in [3.8, 4) is 0 Å². The topological polar surface area (TPSA) is 21.3 Å². The summed E-state index contributed by atoms with van der Waals surface area (Å²) in [7, 11) is 0. The minimum Gasteiger partial charge on any atom is -0.381 e. The molecule has 0 radical (unpaired) electrons. The number of hydrogen-bond donors (Lipinski definition) is 1. The van der Waals surface area contributed by atoms with Gasteiger partial charge in [0, 0.05) is 23.8 Å². The minimum absolute atomic E-state index is 0.434. The largest absolute Gasteiger partial charge is 0.381 e. The summed E-state index contributed by atoms with van der Waals surface area (Å²) in [5.74, 6) is 0. The molecule has 0 bridgehead atoms. The van der Waals surface area contributed by atoms with Crippen LogP contribution in [0.15, 0.2) is 18.2 Å². The molecule has 20 heavy (non-hydrogen) atoms. The second-order valence-electron chi connectivity index (χ2n) is 6.43. The van der Waals surface area contributed by atoms with Crippen molar-refractivity contribution in [1.82, 2.24) is 0 Å². The third kappa shape index (κ3) is 2.05. The Hall–Kier alpha value is -1.02. The van der Waals surface area contributed by atoms with Crippen LogP contribution in [-0.4, -0.2) is 18.8 Å². The fourth-order valence-electron chi connectivity index (χ4n) is 4.04. The molecule has 0 amide bonds. The number of hydrogen-bond acceptors (Lipinski definition) is 2. The van der Waals surface area contributed by atoms with Crippen LogP contribution in [0.4, 0.5) is 5.69 Å². The summed E-state index contributed by atoms with van der Waals surface area (Å²) in [6.45, 7) is 7.42. The van der Waals surface area contributed by atoms with Gasteiger partial charge in [0.05, 0.1) is 6.10 Å². The standard InChI is InChI=1S/C18H27NO/c1-4-14-9-6-8-13(3)17(14)19-15-12-16(20-5-2)18(15)10-7-11-18/h6,8-9,15-16,19H,4-5,7,10-12H2,1-3H3. The van der Waals surface area contributed by atoms with Gasteiger partial charge >= 0.3 is 0 Å². The summed E-state index contributed by atoms with van der Waals surface area (Å²) in [4.78, 5) is 0. The normalized spacial score (nSPS) is 26.9. The fraction of sp³-hybridized carbons (Fsp3) is 0.667. The van der Waals surface area contributed by atoms with Crippen molar-refractivity contribution in [1.29, 1.82) is 0 Å². The Balaban J connectivity index is 1.76. The van der Waals surface area contributed by atoms with E-state index < -0.39 is 0 Å². The number of aryl methyl sites for hydroxylation is 2. The molecule has 1 aromatic rings. The van der Waals surface area contributed by atoms with Crippen LogP contribution in [-0.2, 0) is 11.2 Å². The maximum absolute atomic E-state index is 5.95. The molecule has 2 aliphatic carbocycles. The number of anilines is 1. The average molecular weight is 273 g/mol. The van der Waals surface area contributed by atoms with Crippen LogP contribution in [0.3, 0.4) is 0 Å². The molecule has 2 saturated carbocycles. The van der Waals surface area contributed by atoms with Gasteiger partial charge in [-0.3, -0.25) is 0 Å². The second kappa shape index (κ2) is 5.40. The van der Waals surface area contributed by atoms with Crippen LogP contribution in [0, 0.1) is 12.3 Å². The number of rotatable bonds is 5. The van der Waals surface area contributed by atoms with E-state index >= 15 is 0 Å². The Labute approximate surface area is 122 Å². The number of ether oxygens (including phenoxy) is 1. The summed E-state index contributed by atoms with van der Waals surface area (Å²) in [5.41, 5.74) is 4.63. The molecule has 2 aliphatic rings. The van der Waals surface area contributed by atoms with Crippen LogP contribution >= 0.6 is 0 Å². The van der Waals surface area contributed by atoms with Crippen molar-refractivity contribution in [2.45, 2.75) is 65.0 Å². The van der Waals surface area contributed by atoms with Gasteiger partial charge in [0.2, 0.25) is 0 Å². The molecule has 2 unspecified atom stereocenters. The molecule has 0 aromatic heterocycles. The van der Waals surface area contributed by atoms with Gasteiger partial charge in [-0.15, -0.1) is 0 Å². The van der Waals surface area contributed by atoms with E-state index in [9.17, 15) is 0 Å². The van der Waals surface area contributed by atoms with Crippen LogP contribution in [0.1, 0.15) is 50.7 Å². The third-order valence-electron chi connectivity index (χ3n) is 5.50. The summed E-state index contributed by atoms with van der Waals surface area (Å²) in [5, 5.41) is 3.87. The quantitative estimate of drug-likeness (QED) is 0.862. The van der Waals surface area contributed by atoms with Crippen molar-refractivity contribution in [2.75, 3.05) is 11.9 Å². The Morgan fingerprint density at radius 2 is 2.10 bits per heavy atom. The number of benzene rings is 1. The lowest BCUT2D eigenvalue weighted by atomic mass is 9.51. The van der Waals surface area contributed by atoms with Gasteiger partial charge in [-0.2, -0.15) is 0 Å². The van der Waals surface area contributed by atoms with E-state index in [2.05, 4.69) is 44.3 Å². The second-order valence-corrected chi connectivity index (χ2v) is 6.43. The zero-order valence-corrected chi connectivity index (χ0v) is 13.0. The molecule has 3 rings (SSSR count). The molecule has 2 fully saturated rings. The maximum Gasteiger partial charge on any atom is 0.0670 e. The minimum atomic E-state index is 0.434. The monoisotopic (exact) mass is 273 g/mol. The van der Waals surface area contributed by atoms with Gasteiger partial charge in [-0.1, -0.05) is 31.5 Å². The molecular formula is C18H27NO. The summed E-state index contributed by atoms with van der Waals surface area (Å²) in [6.07, 6.45) is 6.80. The van der Waals surface area contributed by atoms with Gasteiger partial charge in [-0.05, 0) is 50.7 Å². The third-order valence-corrected chi connectivity index (χ3v) is 5.50. The Morgan fingerprint density at radius 3 is 2.70 bits per heavy atom. The smallest absolute Gasteiger partial charge is 0.0670 e. The number of para-hydroxylation sites is 1. The molecule has 1 N–H and O–H groups in total. The highest BCUT2D eigenvalue weighted by atomic mass is 16.5. The molecule has 0 aliphatic heterocycles. The van der Waals surface area contributed by atoms with Crippen LogP contribution < -0.4 is 5.32 Å². The van der Waals surface area contributed by atoms with Gasteiger partial charge in [0.1, 0.15) is 0 Å². The Bertz CT molecular complexity index is 478. The summed E-state index contributed by atoms with van der Waals surface area (Å²) >= 11 is 0. The zero-order chi connectivity index (χ0) is 14.2. The number of nitrogens with one attached hydrogen (secondary N) is 1. The highest BCUT2D eigenvalue weighted by Gasteiger charge is 2.58. The highest BCUT2D eigenvalue weighted by Crippen LogP contribution is 2.58. The maximum atomic E-state index is 5.95. The van der Waals surface area contributed by atoms with Crippen LogP contribution in [0.2, 0.25) is 0 Å². The van der Waals surface area contributed by atoms with E-state index in [-0.39, 0.29) is 0 Å². The lowest BCUT2D eigenvalue weighted by molar-refractivity contribution is -0.157. The van der Waals surface area contributed by atoms with E-state index in [0.717, 1.165) is 13.0 Å². The SMILES string of the molecule is CCOC1CC(Nc2c(C)cccc2CC)C12CCC2. The first-order valence-corrected chi connectivity index (χ1v) is 8.18. The first-order valence-electron chi connectivity index (χ1n) is 8.18. The molecule has 2 atom stereocenters. The molecule has 0 saturated heterocycles. The summed E-state index contributed by atoms with van der Waals surface area (Å²) < 4.78 is 5.95. The lowest BCUT2D eigenvalue weighted by Crippen LogP contribution is -2.64. The molecule has 0 heterocycles. The van der Waals surface area contributed by atoms with Gasteiger partial charge < -0.3 is 10.1 Å². The average Bonchev–Trinajstić information content (AvgIpc) is 2.37. The molecule has 1 spiro atoms. The lowest BCUT2D eigenvalue weighted by Gasteiger charge is -2.61.